The summed E-state index contributed by atoms with van der Waals surface area (Å²) in [5.41, 5.74) is 2.61. The van der Waals surface area contributed by atoms with Gasteiger partial charge in [0, 0.05) is 17.6 Å². The average molecular weight is 345 g/mol. The van der Waals surface area contributed by atoms with Gasteiger partial charge in [-0.15, -0.1) is 11.3 Å². The van der Waals surface area contributed by atoms with Crippen molar-refractivity contribution < 1.29 is 0 Å². The average Bonchev–Trinajstić information content (AvgIpc) is 2.78. The summed E-state index contributed by atoms with van der Waals surface area (Å²) >= 11 is 11.1. The fourth-order valence-corrected chi connectivity index (χ4v) is 3.21. The number of thiophene rings is 1. The molecule has 0 aliphatic heterocycles. The molecule has 1 aromatic heterocycles. The van der Waals surface area contributed by atoms with E-state index in [0.29, 0.717) is 6.04 Å². The van der Waals surface area contributed by atoms with Crippen LogP contribution in [0, 0.1) is 0 Å². The molecule has 1 nitrogen and oxygen atoms in total. The molecule has 96 valence electrons. The molecule has 4 heteroatoms. The van der Waals surface area contributed by atoms with Gasteiger partial charge in [0.25, 0.3) is 0 Å². The summed E-state index contributed by atoms with van der Waals surface area (Å²) in [5, 5.41) is 6.54. The second kappa shape index (κ2) is 6.71. The highest BCUT2D eigenvalue weighted by Crippen LogP contribution is 2.23. The number of halogens is 2. The quantitative estimate of drug-likeness (QED) is 0.765. The molecule has 0 saturated carbocycles. The molecule has 0 bridgehead atoms. The third-order valence-electron chi connectivity index (χ3n) is 2.85. The minimum Gasteiger partial charge on any atom is -0.306 e. The zero-order valence-corrected chi connectivity index (χ0v) is 13.3. The second-order valence-corrected chi connectivity index (χ2v) is 6.88. The Kier molecular flexibility index (Phi) is 5.25. The molecule has 1 N–H and O–H groups in total. The Morgan fingerprint density at radius 2 is 2.06 bits per heavy atom. The second-order valence-electron chi connectivity index (χ2n) is 4.15. The maximum Gasteiger partial charge on any atom is 0.0701 e. The number of rotatable bonds is 5. The van der Waals surface area contributed by atoms with E-state index in [9.17, 15) is 0 Å². The summed E-state index contributed by atoms with van der Waals surface area (Å²) in [7, 11) is 0. The molecule has 2 aromatic rings. The van der Waals surface area contributed by atoms with Gasteiger partial charge in [-0.3, -0.25) is 0 Å². The number of benzene rings is 1. The molecule has 1 heterocycles. The van der Waals surface area contributed by atoms with Crippen molar-refractivity contribution in [3.63, 3.8) is 0 Å². The molecular weight excluding hydrogens is 330 g/mol. The van der Waals surface area contributed by atoms with Crippen LogP contribution in [0.15, 0.2) is 39.5 Å². The molecule has 0 saturated heterocycles. The van der Waals surface area contributed by atoms with E-state index in [2.05, 4.69) is 51.7 Å². The van der Waals surface area contributed by atoms with Gasteiger partial charge in [0.15, 0.2) is 0 Å². The molecular formula is C14H15BrClNS. The minimum atomic E-state index is 0.376. The maximum absolute atomic E-state index is 5.91. The Hall–Kier alpha value is -0.350. The fraction of sp³-hybridized carbons (Fsp3) is 0.286. The van der Waals surface area contributed by atoms with Crippen molar-refractivity contribution in [2.75, 3.05) is 0 Å². The lowest BCUT2D eigenvalue weighted by atomic mass is 10.0. The van der Waals surface area contributed by atoms with Crippen molar-refractivity contribution in [3.05, 3.63) is 55.6 Å². The van der Waals surface area contributed by atoms with E-state index in [0.717, 1.165) is 18.0 Å². The highest BCUT2D eigenvalue weighted by molar-refractivity contribution is 9.11. The molecule has 1 atom stereocenters. The molecule has 0 aliphatic carbocycles. The molecule has 1 unspecified atom stereocenters. The Morgan fingerprint density at radius 3 is 2.61 bits per heavy atom. The molecule has 1 aromatic carbocycles. The highest BCUT2D eigenvalue weighted by Gasteiger charge is 2.08. The van der Waals surface area contributed by atoms with Gasteiger partial charge in [-0.2, -0.15) is 0 Å². The van der Waals surface area contributed by atoms with Crippen LogP contribution in [0.2, 0.25) is 5.02 Å². The topological polar surface area (TPSA) is 12.0 Å². The van der Waals surface area contributed by atoms with Gasteiger partial charge in [-0.25, -0.2) is 0 Å². The monoisotopic (exact) mass is 343 g/mol. The first-order chi connectivity index (χ1) is 8.69. The van der Waals surface area contributed by atoms with Crippen molar-refractivity contribution >= 4 is 38.9 Å². The Bertz CT molecular complexity index is 495. The van der Waals surface area contributed by atoms with E-state index >= 15 is 0 Å². The first kappa shape index (κ1) is 14.1. The standard InChI is InChI=1S/C14H15BrClNS/c1-2-13(11-3-5-12(16)6-4-11)17-8-10-7-14(15)18-9-10/h3-7,9,13,17H,2,8H2,1H3. The van der Waals surface area contributed by atoms with Crippen molar-refractivity contribution in [2.45, 2.75) is 25.9 Å². The van der Waals surface area contributed by atoms with Gasteiger partial charge in [0.2, 0.25) is 0 Å². The van der Waals surface area contributed by atoms with Crippen LogP contribution in [0.1, 0.15) is 30.5 Å². The lowest BCUT2D eigenvalue weighted by molar-refractivity contribution is 0.519. The summed E-state index contributed by atoms with van der Waals surface area (Å²) < 4.78 is 1.18. The van der Waals surface area contributed by atoms with Crippen LogP contribution in [0.25, 0.3) is 0 Å². The van der Waals surface area contributed by atoms with E-state index in [4.69, 9.17) is 11.6 Å². The Labute approximate surface area is 125 Å². The zero-order chi connectivity index (χ0) is 13.0. The number of nitrogens with one attached hydrogen (secondary N) is 1. The summed E-state index contributed by atoms with van der Waals surface area (Å²) in [4.78, 5) is 0. The van der Waals surface area contributed by atoms with Crippen LogP contribution in [-0.2, 0) is 6.54 Å². The minimum absolute atomic E-state index is 0.376. The molecule has 0 amide bonds. The molecule has 2 rings (SSSR count). The number of hydrogen-bond donors (Lipinski definition) is 1. The summed E-state index contributed by atoms with van der Waals surface area (Å²) in [6.07, 6.45) is 1.06. The van der Waals surface area contributed by atoms with E-state index in [1.165, 1.54) is 14.9 Å². The van der Waals surface area contributed by atoms with Crippen molar-refractivity contribution in [1.82, 2.24) is 5.32 Å². The smallest absolute Gasteiger partial charge is 0.0701 e. The zero-order valence-electron chi connectivity index (χ0n) is 10.1. The van der Waals surface area contributed by atoms with Crippen LogP contribution < -0.4 is 5.32 Å². The summed E-state index contributed by atoms with van der Waals surface area (Å²) in [6, 6.07) is 10.6. The molecule has 0 fully saturated rings. The van der Waals surface area contributed by atoms with Crippen LogP contribution in [0.3, 0.4) is 0 Å². The lowest BCUT2D eigenvalue weighted by Crippen LogP contribution is -2.19. The van der Waals surface area contributed by atoms with Crippen LogP contribution in [-0.4, -0.2) is 0 Å². The van der Waals surface area contributed by atoms with Crippen LogP contribution >= 0.6 is 38.9 Å². The third-order valence-corrected chi connectivity index (χ3v) is 4.66. The third kappa shape index (κ3) is 3.82. The molecule has 0 aliphatic rings. The van der Waals surface area contributed by atoms with E-state index in [-0.39, 0.29) is 0 Å². The first-order valence-corrected chi connectivity index (χ1v) is 7.96. The van der Waals surface area contributed by atoms with E-state index in [1.54, 1.807) is 11.3 Å². The molecule has 0 radical (unpaired) electrons. The molecule has 0 spiro atoms. The summed E-state index contributed by atoms with van der Waals surface area (Å²) in [5.74, 6) is 0. The lowest BCUT2D eigenvalue weighted by Gasteiger charge is -2.17. The van der Waals surface area contributed by atoms with Gasteiger partial charge in [0.1, 0.15) is 0 Å². The van der Waals surface area contributed by atoms with E-state index in [1.807, 2.05) is 12.1 Å². The summed E-state index contributed by atoms with van der Waals surface area (Å²) in [6.45, 7) is 3.08. The van der Waals surface area contributed by atoms with Crippen LogP contribution in [0.5, 0.6) is 0 Å². The van der Waals surface area contributed by atoms with Gasteiger partial charge in [0.05, 0.1) is 3.79 Å². The largest absolute Gasteiger partial charge is 0.306 e. The first-order valence-electron chi connectivity index (χ1n) is 5.90. The van der Waals surface area contributed by atoms with Gasteiger partial charge in [-0.1, -0.05) is 30.7 Å². The predicted octanol–water partition coefficient (Wildman–Crippen LogP) is 5.40. The van der Waals surface area contributed by atoms with Crippen molar-refractivity contribution in [3.8, 4) is 0 Å². The SMILES string of the molecule is CCC(NCc1csc(Br)c1)c1ccc(Cl)cc1. The highest BCUT2D eigenvalue weighted by atomic mass is 79.9. The van der Waals surface area contributed by atoms with Crippen molar-refractivity contribution in [2.24, 2.45) is 0 Å². The van der Waals surface area contributed by atoms with Gasteiger partial charge in [-0.05, 0) is 57.1 Å². The predicted molar refractivity (Wildman–Crippen MR) is 83.3 cm³/mol. The number of hydrogen-bond acceptors (Lipinski definition) is 2. The Balaban J connectivity index is 1.99. The van der Waals surface area contributed by atoms with E-state index < -0.39 is 0 Å². The van der Waals surface area contributed by atoms with Gasteiger partial charge < -0.3 is 5.32 Å². The Morgan fingerprint density at radius 1 is 1.33 bits per heavy atom. The molecule has 18 heavy (non-hydrogen) atoms. The maximum atomic E-state index is 5.91. The normalized spacial score (nSPS) is 12.6. The van der Waals surface area contributed by atoms with Gasteiger partial charge >= 0.3 is 0 Å². The van der Waals surface area contributed by atoms with Crippen molar-refractivity contribution in [1.29, 1.82) is 0 Å². The van der Waals surface area contributed by atoms with Crippen LogP contribution in [0.4, 0.5) is 0 Å². The fourth-order valence-electron chi connectivity index (χ4n) is 1.87.